The Morgan fingerprint density at radius 2 is 2.00 bits per heavy atom. The number of rotatable bonds is 5. The minimum Gasteiger partial charge on any atom is -0.391 e. The Kier molecular flexibility index (Phi) is 5.33. The zero-order chi connectivity index (χ0) is 17.0. The van der Waals surface area contributed by atoms with Gasteiger partial charge in [-0.3, -0.25) is 14.4 Å². The van der Waals surface area contributed by atoms with Crippen LogP contribution in [0.1, 0.15) is 18.9 Å². The minimum absolute atomic E-state index is 0.118. The normalized spacial score (nSPS) is 21.7. The van der Waals surface area contributed by atoms with E-state index in [9.17, 15) is 19.5 Å². The molecule has 1 aromatic rings. The molecule has 3 atom stereocenters. The lowest BCUT2D eigenvalue weighted by molar-refractivity contribution is -0.138. The van der Waals surface area contributed by atoms with Crippen molar-refractivity contribution in [2.45, 2.75) is 38.0 Å². The van der Waals surface area contributed by atoms with Crippen LogP contribution in [-0.2, 0) is 20.8 Å². The quantitative estimate of drug-likeness (QED) is 0.658. The molecule has 4 N–H and O–H groups in total. The van der Waals surface area contributed by atoms with E-state index < -0.39 is 30.0 Å². The van der Waals surface area contributed by atoms with E-state index in [1.807, 2.05) is 30.3 Å². The number of aliphatic hydroxyl groups is 1. The zero-order valence-corrected chi connectivity index (χ0v) is 12.9. The second-order valence-electron chi connectivity index (χ2n) is 5.73. The van der Waals surface area contributed by atoms with Gasteiger partial charge in [0, 0.05) is 26.3 Å². The fourth-order valence-electron chi connectivity index (χ4n) is 2.75. The SMILES string of the molecule is CC(=O)N1C[C@H](O)C[C@H]1C(=O)N[C@@H](Cc1ccccc1)C(N)=O. The van der Waals surface area contributed by atoms with Crippen molar-refractivity contribution in [2.24, 2.45) is 5.73 Å². The summed E-state index contributed by atoms with van der Waals surface area (Å²) in [5.41, 5.74) is 6.24. The molecule has 1 fully saturated rings. The van der Waals surface area contributed by atoms with E-state index in [0.29, 0.717) is 0 Å². The summed E-state index contributed by atoms with van der Waals surface area (Å²) < 4.78 is 0. The molecule has 7 heteroatoms. The highest BCUT2D eigenvalue weighted by Gasteiger charge is 2.38. The molecule has 0 spiro atoms. The summed E-state index contributed by atoms with van der Waals surface area (Å²) in [6.45, 7) is 1.46. The van der Waals surface area contributed by atoms with Crippen LogP contribution in [0.4, 0.5) is 0 Å². The van der Waals surface area contributed by atoms with Crippen molar-refractivity contribution < 1.29 is 19.5 Å². The molecule has 1 aliphatic heterocycles. The molecule has 0 saturated carbocycles. The van der Waals surface area contributed by atoms with Gasteiger partial charge in [0.2, 0.25) is 17.7 Å². The highest BCUT2D eigenvalue weighted by Crippen LogP contribution is 2.18. The lowest BCUT2D eigenvalue weighted by Gasteiger charge is -2.24. The Bertz CT molecular complexity index is 590. The summed E-state index contributed by atoms with van der Waals surface area (Å²) in [6.07, 6.45) is -0.310. The molecule has 1 heterocycles. The number of likely N-dealkylation sites (tertiary alicyclic amines) is 1. The molecule has 1 saturated heterocycles. The number of amides is 3. The summed E-state index contributed by atoms with van der Waals surface area (Å²) in [5, 5.41) is 12.3. The van der Waals surface area contributed by atoms with Crippen LogP contribution in [-0.4, -0.2) is 52.5 Å². The molecular formula is C16H21N3O4. The predicted octanol–water partition coefficient (Wildman–Crippen LogP) is -0.819. The van der Waals surface area contributed by atoms with Crippen LogP contribution in [0, 0.1) is 0 Å². The number of aliphatic hydroxyl groups excluding tert-OH is 1. The molecule has 0 unspecified atom stereocenters. The number of carbonyl (C=O) groups is 3. The predicted molar refractivity (Wildman–Crippen MR) is 83.1 cm³/mol. The van der Waals surface area contributed by atoms with Gasteiger partial charge < -0.3 is 21.1 Å². The van der Waals surface area contributed by atoms with Gasteiger partial charge in [0.15, 0.2) is 0 Å². The molecule has 0 aromatic heterocycles. The third-order valence-corrected chi connectivity index (χ3v) is 3.93. The van der Waals surface area contributed by atoms with E-state index in [4.69, 9.17) is 5.73 Å². The average Bonchev–Trinajstić information content (AvgIpc) is 2.90. The summed E-state index contributed by atoms with van der Waals surface area (Å²) in [6, 6.07) is 7.55. The highest BCUT2D eigenvalue weighted by molar-refractivity contribution is 5.91. The van der Waals surface area contributed by atoms with Gasteiger partial charge in [0.05, 0.1) is 6.10 Å². The summed E-state index contributed by atoms with van der Waals surface area (Å²) in [4.78, 5) is 36.9. The lowest BCUT2D eigenvalue weighted by Crippen LogP contribution is -2.52. The highest BCUT2D eigenvalue weighted by atomic mass is 16.3. The van der Waals surface area contributed by atoms with Gasteiger partial charge in [-0.1, -0.05) is 30.3 Å². The number of hydrogen-bond acceptors (Lipinski definition) is 4. The molecular weight excluding hydrogens is 298 g/mol. The summed E-state index contributed by atoms with van der Waals surface area (Å²) in [7, 11) is 0. The van der Waals surface area contributed by atoms with E-state index in [1.54, 1.807) is 0 Å². The first-order chi connectivity index (χ1) is 10.9. The molecule has 23 heavy (non-hydrogen) atoms. The van der Waals surface area contributed by atoms with Crippen LogP contribution in [0.25, 0.3) is 0 Å². The number of primary amides is 1. The lowest BCUT2D eigenvalue weighted by atomic mass is 10.0. The molecule has 1 aliphatic rings. The van der Waals surface area contributed by atoms with E-state index in [-0.39, 0.29) is 25.3 Å². The fourth-order valence-corrected chi connectivity index (χ4v) is 2.75. The molecule has 124 valence electrons. The fraction of sp³-hybridized carbons (Fsp3) is 0.438. The topological polar surface area (TPSA) is 113 Å². The first kappa shape index (κ1) is 17.0. The summed E-state index contributed by atoms with van der Waals surface area (Å²) in [5.74, 6) is -1.41. The number of nitrogens with two attached hydrogens (primary N) is 1. The van der Waals surface area contributed by atoms with Gasteiger partial charge in [0.1, 0.15) is 12.1 Å². The molecule has 0 aliphatic carbocycles. The standard InChI is InChI=1S/C16H21N3O4/c1-10(20)19-9-12(21)8-14(19)16(23)18-13(15(17)22)7-11-5-3-2-4-6-11/h2-6,12-14,21H,7-9H2,1H3,(H2,17,22)(H,18,23)/t12-,13+,14+/m1/s1. The molecule has 1 aromatic carbocycles. The van der Waals surface area contributed by atoms with Crippen LogP contribution >= 0.6 is 0 Å². The monoisotopic (exact) mass is 319 g/mol. The maximum atomic E-state index is 12.4. The van der Waals surface area contributed by atoms with Crippen LogP contribution < -0.4 is 11.1 Å². The maximum Gasteiger partial charge on any atom is 0.243 e. The van der Waals surface area contributed by atoms with Crippen molar-refractivity contribution in [3.05, 3.63) is 35.9 Å². The van der Waals surface area contributed by atoms with Gasteiger partial charge in [-0.2, -0.15) is 0 Å². The Morgan fingerprint density at radius 1 is 1.35 bits per heavy atom. The first-order valence-electron chi connectivity index (χ1n) is 7.47. The second-order valence-corrected chi connectivity index (χ2v) is 5.73. The third-order valence-electron chi connectivity index (χ3n) is 3.93. The van der Waals surface area contributed by atoms with Gasteiger partial charge in [-0.05, 0) is 5.56 Å². The zero-order valence-electron chi connectivity index (χ0n) is 12.9. The van der Waals surface area contributed by atoms with Gasteiger partial charge in [-0.15, -0.1) is 0 Å². The van der Waals surface area contributed by atoms with Crippen LogP contribution in [0.5, 0.6) is 0 Å². The van der Waals surface area contributed by atoms with E-state index in [0.717, 1.165) is 5.56 Å². The number of nitrogens with zero attached hydrogens (tertiary/aromatic N) is 1. The van der Waals surface area contributed by atoms with Crippen LogP contribution in [0.2, 0.25) is 0 Å². The Labute approximate surface area is 134 Å². The number of nitrogens with one attached hydrogen (secondary N) is 1. The smallest absolute Gasteiger partial charge is 0.243 e. The number of benzene rings is 1. The Morgan fingerprint density at radius 3 is 2.57 bits per heavy atom. The van der Waals surface area contributed by atoms with E-state index in [2.05, 4.69) is 5.32 Å². The number of carbonyl (C=O) groups excluding carboxylic acids is 3. The van der Waals surface area contributed by atoms with Crippen molar-refractivity contribution in [2.75, 3.05) is 6.54 Å². The largest absolute Gasteiger partial charge is 0.391 e. The summed E-state index contributed by atoms with van der Waals surface area (Å²) >= 11 is 0. The van der Waals surface area contributed by atoms with Crippen molar-refractivity contribution in [1.82, 2.24) is 10.2 Å². The van der Waals surface area contributed by atoms with Gasteiger partial charge in [0.25, 0.3) is 0 Å². The van der Waals surface area contributed by atoms with Crippen molar-refractivity contribution >= 4 is 17.7 Å². The maximum absolute atomic E-state index is 12.4. The van der Waals surface area contributed by atoms with E-state index in [1.165, 1.54) is 11.8 Å². The number of hydrogen-bond donors (Lipinski definition) is 3. The van der Waals surface area contributed by atoms with Crippen LogP contribution in [0.15, 0.2) is 30.3 Å². The van der Waals surface area contributed by atoms with Crippen molar-refractivity contribution in [3.8, 4) is 0 Å². The van der Waals surface area contributed by atoms with Crippen molar-refractivity contribution in [1.29, 1.82) is 0 Å². The molecule has 0 bridgehead atoms. The van der Waals surface area contributed by atoms with E-state index >= 15 is 0 Å². The van der Waals surface area contributed by atoms with Gasteiger partial charge >= 0.3 is 0 Å². The van der Waals surface area contributed by atoms with Crippen molar-refractivity contribution in [3.63, 3.8) is 0 Å². The minimum atomic E-state index is -0.864. The Balaban J connectivity index is 2.06. The molecule has 2 rings (SSSR count). The molecule has 0 radical (unpaired) electrons. The first-order valence-corrected chi connectivity index (χ1v) is 7.47. The third kappa shape index (κ3) is 4.29. The Hall–Kier alpha value is -2.41. The number of β-amino-alcohol motifs (C(OH)–C–C–N with tert-alkyl or cyclic N) is 1. The molecule has 3 amide bonds. The van der Waals surface area contributed by atoms with Gasteiger partial charge in [-0.25, -0.2) is 0 Å². The average molecular weight is 319 g/mol. The van der Waals surface area contributed by atoms with Crippen LogP contribution in [0.3, 0.4) is 0 Å². The second kappa shape index (κ2) is 7.23. The molecule has 7 nitrogen and oxygen atoms in total.